The number of aryl methyl sites for hydroxylation is 2. The molecule has 0 saturated carbocycles. The summed E-state index contributed by atoms with van der Waals surface area (Å²) in [5.74, 6) is -1.06. The van der Waals surface area contributed by atoms with Crippen LogP contribution in [0.2, 0.25) is 0 Å². The molecule has 2 N–H and O–H groups in total. The first kappa shape index (κ1) is 17.0. The summed E-state index contributed by atoms with van der Waals surface area (Å²) >= 11 is 0. The number of fused-ring (bicyclic) bond motifs is 3. The van der Waals surface area contributed by atoms with Crippen LogP contribution in [0.3, 0.4) is 0 Å². The van der Waals surface area contributed by atoms with Gasteiger partial charge in [-0.1, -0.05) is 6.07 Å². The van der Waals surface area contributed by atoms with Gasteiger partial charge in [0.05, 0.1) is 17.4 Å². The monoisotopic (exact) mass is 357 g/mol. The van der Waals surface area contributed by atoms with Crippen LogP contribution in [0.4, 0.5) is 20.2 Å². The molecule has 2 aromatic rings. The summed E-state index contributed by atoms with van der Waals surface area (Å²) in [6, 6.07) is 9.78. The fraction of sp³-hybridized carbons (Fsp3) is 0.350. The molecule has 4 nitrogen and oxygen atoms in total. The van der Waals surface area contributed by atoms with E-state index in [9.17, 15) is 13.6 Å². The van der Waals surface area contributed by atoms with Gasteiger partial charge < -0.3 is 15.5 Å². The van der Waals surface area contributed by atoms with Crippen molar-refractivity contribution in [1.29, 1.82) is 0 Å². The topological polar surface area (TPSA) is 44.4 Å². The van der Waals surface area contributed by atoms with E-state index in [4.69, 9.17) is 0 Å². The Balaban J connectivity index is 1.57. The zero-order valence-corrected chi connectivity index (χ0v) is 14.4. The van der Waals surface area contributed by atoms with Gasteiger partial charge in [0.25, 0.3) is 0 Å². The van der Waals surface area contributed by atoms with E-state index >= 15 is 0 Å². The molecular formula is C20H21F2N3O. The van der Waals surface area contributed by atoms with Crippen LogP contribution in [-0.4, -0.2) is 31.6 Å². The van der Waals surface area contributed by atoms with Crippen molar-refractivity contribution in [3.05, 3.63) is 59.2 Å². The quantitative estimate of drug-likeness (QED) is 0.888. The van der Waals surface area contributed by atoms with Crippen LogP contribution in [0.15, 0.2) is 36.4 Å². The molecule has 2 aliphatic rings. The molecule has 2 aromatic carbocycles. The SMILES string of the molecule is O=C1CC2CNCCN2c2cc(CCc3cc(F)cc(F)c3)ccc2N1. The lowest BCUT2D eigenvalue weighted by Crippen LogP contribution is -2.51. The molecule has 1 amide bonds. The van der Waals surface area contributed by atoms with Gasteiger partial charge in [0, 0.05) is 32.1 Å². The van der Waals surface area contributed by atoms with E-state index in [0.29, 0.717) is 24.8 Å². The summed E-state index contributed by atoms with van der Waals surface area (Å²) in [6.07, 6.45) is 1.71. The number of anilines is 2. The number of halogens is 2. The first-order valence-electron chi connectivity index (χ1n) is 8.93. The van der Waals surface area contributed by atoms with Crippen LogP contribution in [0, 0.1) is 11.6 Å². The first-order valence-corrected chi connectivity index (χ1v) is 8.93. The van der Waals surface area contributed by atoms with Crippen LogP contribution in [0.1, 0.15) is 17.5 Å². The van der Waals surface area contributed by atoms with Crippen LogP contribution < -0.4 is 15.5 Å². The average molecular weight is 357 g/mol. The first-order chi connectivity index (χ1) is 12.6. The number of hydrogen-bond donors (Lipinski definition) is 2. The molecule has 0 aromatic heterocycles. The van der Waals surface area contributed by atoms with Gasteiger partial charge in [-0.25, -0.2) is 8.78 Å². The maximum absolute atomic E-state index is 13.4. The van der Waals surface area contributed by atoms with E-state index in [1.54, 1.807) is 0 Å². The number of carbonyl (C=O) groups is 1. The Labute approximate surface area is 151 Å². The molecular weight excluding hydrogens is 336 g/mol. The summed E-state index contributed by atoms with van der Waals surface area (Å²) in [5.41, 5.74) is 3.60. The Morgan fingerprint density at radius 1 is 1.04 bits per heavy atom. The third-order valence-corrected chi connectivity index (χ3v) is 5.04. The van der Waals surface area contributed by atoms with E-state index in [2.05, 4.69) is 21.6 Å². The molecule has 2 heterocycles. The molecule has 1 atom stereocenters. The Bertz CT molecular complexity index is 820. The number of carbonyl (C=O) groups excluding carboxylic acids is 1. The second-order valence-electron chi connectivity index (χ2n) is 6.93. The van der Waals surface area contributed by atoms with Crippen LogP contribution >= 0.6 is 0 Å². The third-order valence-electron chi connectivity index (χ3n) is 5.04. The summed E-state index contributed by atoms with van der Waals surface area (Å²) < 4.78 is 26.7. The minimum absolute atomic E-state index is 0.0328. The molecule has 6 heteroatoms. The maximum atomic E-state index is 13.4. The molecule has 0 bridgehead atoms. The van der Waals surface area contributed by atoms with Gasteiger partial charge in [0.15, 0.2) is 0 Å². The normalized spacial score (nSPS) is 19.4. The zero-order valence-electron chi connectivity index (χ0n) is 14.4. The lowest BCUT2D eigenvalue weighted by molar-refractivity contribution is -0.116. The summed E-state index contributed by atoms with van der Waals surface area (Å²) in [6.45, 7) is 2.53. The van der Waals surface area contributed by atoms with Crippen LogP contribution in [0.5, 0.6) is 0 Å². The molecule has 1 unspecified atom stereocenters. The van der Waals surface area contributed by atoms with E-state index in [-0.39, 0.29) is 11.9 Å². The van der Waals surface area contributed by atoms with Crippen LogP contribution in [-0.2, 0) is 17.6 Å². The van der Waals surface area contributed by atoms with E-state index < -0.39 is 11.6 Å². The highest BCUT2D eigenvalue weighted by molar-refractivity contribution is 5.97. The molecule has 0 spiro atoms. The van der Waals surface area contributed by atoms with Crippen molar-refractivity contribution in [3.63, 3.8) is 0 Å². The third kappa shape index (κ3) is 3.55. The average Bonchev–Trinajstić information content (AvgIpc) is 2.74. The van der Waals surface area contributed by atoms with Crippen molar-refractivity contribution in [2.45, 2.75) is 25.3 Å². The molecule has 0 radical (unpaired) electrons. The second kappa shape index (κ2) is 7.03. The number of piperazine rings is 1. The minimum atomic E-state index is -0.548. The van der Waals surface area contributed by atoms with Crippen molar-refractivity contribution in [2.24, 2.45) is 0 Å². The molecule has 2 aliphatic heterocycles. The smallest absolute Gasteiger partial charge is 0.226 e. The van der Waals surface area contributed by atoms with E-state index in [0.717, 1.165) is 42.6 Å². The molecule has 0 aliphatic carbocycles. The van der Waals surface area contributed by atoms with Crippen molar-refractivity contribution >= 4 is 17.3 Å². The summed E-state index contributed by atoms with van der Waals surface area (Å²) in [5, 5.41) is 6.33. The van der Waals surface area contributed by atoms with Gasteiger partial charge in [-0.05, 0) is 48.2 Å². The zero-order chi connectivity index (χ0) is 18.1. The Morgan fingerprint density at radius 2 is 1.81 bits per heavy atom. The highest BCUT2D eigenvalue weighted by Gasteiger charge is 2.30. The number of hydrogen-bond acceptors (Lipinski definition) is 3. The highest BCUT2D eigenvalue weighted by Crippen LogP contribution is 2.33. The molecule has 26 heavy (non-hydrogen) atoms. The molecule has 1 fully saturated rings. The number of nitrogens with one attached hydrogen (secondary N) is 2. The Morgan fingerprint density at radius 3 is 2.62 bits per heavy atom. The van der Waals surface area contributed by atoms with Crippen molar-refractivity contribution in [1.82, 2.24) is 5.32 Å². The predicted octanol–water partition coefficient (Wildman–Crippen LogP) is 2.87. The van der Waals surface area contributed by atoms with Gasteiger partial charge in [-0.3, -0.25) is 4.79 Å². The number of rotatable bonds is 3. The second-order valence-corrected chi connectivity index (χ2v) is 6.93. The highest BCUT2D eigenvalue weighted by atomic mass is 19.1. The van der Waals surface area contributed by atoms with Crippen molar-refractivity contribution < 1.29 is 13.6 Å². The lowest BCUT2D eigenvalue weighted by atomic mass is 10.0. The molecule has 4 rings (SSSR count). The van der Waals surface area contributed by atoms with Gasteiger partial charge >= 0.3 is 0 Å². The van der Waals surface area contributed by atoms with Gasteiger partial charge in [0.1, 0.15) is 11.6 Å². The van der Waals surface area contributed by atoms with Crippen molar-refractivity contribution in [2.75, 3.05) is 29.9 Å². The molecule has 136 valence electrons. The fourth-order valence-electron chi connectivity index (χ4n) is 3.80. The summed E-state index contributed by atoms with van der Waals surface area (Å²) in [4.78, 5) is 14.4. The molecule has 1 saturated heterocycles. The summed E-state index contributed by atoms with van der Waals surface area (Å²) in [7, 11) is 0. The predicted molar refractivity (Wildman–Crippen MR) is 97.5 cm³/mol. The Hall–Kier alpha value is -2.47. The number of benzene rings is 2. The van der Waals surface area contributed by atoms with Gasteiger partial charge in [-0.15, -0.1) is 0 Å². The largest absolute Gasteiger partial charge is 0.364 e. The van der Waals surface area contributed by atoms with Gasteiger partial charge in [0.2, 0.25) is 5.91 Å². The Kier molecular flexibility index (Phi) is 4.59. The fourth-order valence-corrected chi connectivity index (χ4v) is 3.80. The maximum Gasteiger partial charge on any atom is 0.226 e. The van der Waals surface area contributed by atoms with Crippen LogP contribution in [0.25, 0.3) is 0 Å². The van der Waals surface area contributed by atoms with Crippen molar-refractivity contribution in [3.8, 4) is 0 Å². The number of nitrogens with zero attached hydrogens (tertiary/aromatic N) is 1. The lowest BCUT2D eigenvalue weighted by Gasteiger charge is -2.36. The minimum Gasteiger partial charge on any atom is -0.364 e. The van der Waals surface area contributed by atoms with E-state index in [1.807, 2.05) is 12.1 Å². The number of amides is 1. The standard InChI is InChI=1S/C20H21F2N3O/c21-15-7-14(8-16(22)10-15)2-1-13-3-4-18-19(9-13)25-6-5-23-12-17(25)11-20(26)24-18/h3-4,7-10,17,23H,1-2,5-6,11-12H2,(H,24,26). The van der Waals surface area contributed by atoms with E-state index in [1.165, 1.54) is 12.1 Å². The van der Waals surface area contributed by atoms with Gasteiger partial charge in [-0.2, -0.15) is 0 Å².